The molecule has 21 heavy (non-hydrogen) atoms. The van der Waals surface area contributed by atoms with Crippen molar-refractivity contribution in [2.24, 2.45) is 11.7 Å². The van der Waals surface area contributed by atoms with E-state index in [4.69, 9.17) is 5.73 Å². The second-order valence-corrected chi connectivity index (χ2v) is 6.52. The van der Waals surface area contributed by atoms with Crippen molar-refractivity contribution in [1.82, 2.24) is 9.80 Å². The molecule has 0 aliphatic carbocycles. The summed E-state index contributed by atoms with van der Waals surface area (Å²) in [4.78, 5) is 4.78. The van der Waals surface area contributed by atoms with Crippen molar-refractivity contribution in [2.75, 3.05) is 33.7 Å². The van der Waals surface area contributed by atoms with Crippen molar-refractivity contribution < 1.29 is 4.39 Å². The zero-order valence-electron chi connectivity index (χ0n) is 13.4. The van der Waals surface area contributed by atoms with Crippen LogP contribution >= 0.6 is 0 Å². The van der Waals surface area contributed by atoms with Crippen molar-refractivity contribution in [3.05, 3.63) is 35.6 Å². The maximum absolute atomic E-state index is 13.8. The van der Waals surface area contributed by atoms with E-state index in [0.29, 0.717) is 11.6 Å². The number of halogens is 1. The summed E-state index contributed by atoms with van der Waals surface area (Å²) in [6.07, 6.45) is 2.41. The van der Waals surface area contributed by atoms with Crippen LogP contribution in [0.2, 0.25) is 0 Å². The van der Waals surface area contributed by atoms with Gasteiger partial charge in [0.1, 0.15) is 5.82 Å². The number of rotatable bonds is 5. The molecule has 118 valence electrons. The Morgan fingerprint density at radius 2 is 1.90 bits per heavy atom. The van der Waals surface area contributed by atoms with E-state index in [9.17, 15) is 4.39 Å². The summed E-state index contributed by atoms with van der Waals surface area (Å²) in [5.74, 6) is 0.0565. The Morgan fingerprint density at radius 3 is 2.48 bits per heavy atom. The molecule has 1 aliphatic heterocycles. The molecule has 1 aromatic carbocycles. The van der Waals surface area contributed by atoms with Crippen LogP contribution < -0.4 is 5.73 Å². The number of nitrogens with two attached hydrogens (primary N) is 1. The molecule has 1 aliphatic rings. The number of nitrogens with zero attached hydrogens (tertiary/aromatic N) is 2. The molecule has 2 atom stereocenters. The lowest BCUT2D eigenvalue weighted by molar-refractivity contribution is 0.127. The molecule has 2 rings (SSSR count). The molecule has 0 radical (unpaired) electrons. The lowest BCUT2D eigenvalue weighted by Gasteiger charge is -2.37. The van der Waals surface area contributed by atoms with Crippen LogP contribution in [0.4, 0.5) is 4.39 Å². The van der Waals surface area contributed by atoms with Crippen molar-refractivity contribution in [2.45, 2.75) is 31.8 Å². The van der Waals surface area contributed by atoms with Crippen LogP contribution in [0.5, 0.6) is 0 Å². The van der Waals surface area contributed by atoms with E-state index >= 15 is 0 Å². The van der Waals surface area contributed by atoms with Gasteiger partial charge in [-0.05, 0) is 52.0 Å². The highest BCUT2D eigenvalue weighted by Crippen LogP contribution is 2.24. The summed E-state index contributed by atoms with van der Waals surface area (Å²) in [7, 11) is 4.30. The molecule has 1 heterocycles. The van der Waals surface area contributed by atoms with E-state index in [2.05, 4.69) is 30.8 Å². The fraction of sp³-hybridized carbons (Fsp3) is 0.647. The summed E-state index contributed by atoms with van der Waals surface area (Å²) in [6, 6.07) is 7.31. The zero-order chi connectivity index (χ0) is 15.4. The summed E-state index contributed by atoms with van der Waals surface area (Å²) in [5.41, 5.74) is 6.89. The van der Waals surface area contributed by atoms with Gasteiger partial charge in [-0.1, -0.05) is 25.1 Å². The minimum Gasteiger partial charge on any atom is -0.324 e. The highest BCUT2D eigenvalue weighted by Gasteiger charge is 2.24. The monoisotopic (exact) mass is 293 g/mol. The van der Waals surface area contributed by atoms with Gasteiger partial charge < -0.3 is 15.5 Å². The first-order valence-electron chi connectivity index (χ1n) is 7.88. The van der Waals surface area contributed by atoms with Crippen molar-refractivity contribution >= 4 is 0 Å². The summed E-state index contributed by atoms with van der Waals surface area (Å²) < 4.78 is 13.8. The molecule has 1 saturated heterocycles. The second-order valence-electron chi connectivity index (χ2n) is 6.52. The van der Waals surface area contributed by atoms with Crippen LogP contribution in [0, 0.1) is 11.7 Å². The maximum Gasteiger partial charge on any atom is 0.127 e. The third-order valence-electron chi connectivity index (χ3n) is 4.71. The van der Waals surface area contributed by atoms with Crippen molar-refractivity contribution in [3.63, 3.8) is 0 Å². The maximum atomic E-state index is 13.8. The van der Waals surface area contributed by atoms with E-state index in [1.54, 1.807) is 12.1 Å². The molecule has 0 bridgehead atoms. The second kappa shape index (κ2) is 7.34. The average molecular weight is 293 g/mol. The highest BCUT2D eigenvalue weighted by atomic mass is 19.1. The molecule has 0 amide bonds. The smallest absolute Gasteiger partial charge is 0.127 e. The predicted octanol–water partition coefficient (Wildman–Crippen LogP) is 2.49. The van der Waals surface area contributed by atoms with Gasteiger partial charge in [0.05, 0.1) is 0 Å². The molecule has 0 aromatic heterocycles. The van der Waals surface area contributed by atoms with Crippen LogP contribution in [0.15, 0.2) is 24.3 Å². The quantitative estimate of drug-likeness (QED) is 0.905. The number of piperidine rings is 1. The van der Waals surface area contributed by atoms with Crippen LogP contribution in [0.25, 0.3) is 0 Å². The van der Waals surface area contributed by atoms with E-state index in [0.717, 1.165) is 19.6 Å². The van der Waals surface area contributed by atoms with E-state index in [1.165, 1.54) is 18.9 Å². The normalized spacial score (nSPS) is 20.7. The number of likely N-dealkylation sites (tertiary alicyclic amines) is 1. The van der Waals surface area contributed by atoms with E-state index in [1.807, 2.05) is 6.07 Å². The summed E-state index contributed by atoms with van der Waals surface area (Å²) >= 11 is 0. The van der Waals surface area contributed by atoms with Gasteiger partial charge in [0.15, 0.2) is 0 Å². The molecular weight excluding hydrogens is 265 g/mol. The third-order valence-corrected chi connectivity index (χ3v) is 4.71. The van der Waals surface area contributed by atoms with Gasteiger partial charge in [-0.25, -0.2) is 4.39 Å². The van der Waals surface area contributed by atoms with Crippen LogP contribution in [-0.2, 0) is 0 Å². The lowest BCUT2D eigenvalue weighted by Crippen LogP contribution is -2.44. The van der Waals surface area contributed by atoms with Gasteiger partial charge in [0.2, 0.25) is 0 Å². The fourth-order valence-corrected chi connectivity index (χ4v) is 3.19. The SMILES string of the molecule is CC(CN1CCC(N(C)C)CC1)C(N)c1ccccc1F. The minimum atomic E-state index is -0.238. The van der Waals surface area contributed by atoms with Gasteiger partial charge >= 0.3 is 0 Å². The third kappa shape index (κ3) is 4.25. The number of benzene rings is 1. The first kappa shape index (κ1) is 16.4. The van der Waals surface area contributed by atoms with Gasteiger partial charge in [-0.2, -0.15) is 0 Å². The topological polar surface area (TPSA) is 32.5 Å². The first-order chi connectivity index (χ1) is 9.99. The Labute approximate surface area is 127 Å². The fourth-order valence-electron chi connectivity index (χ4n) is 3.19. The molecule has 0 spiro atoms. The molecule has 1 fully saturated rings. The first-order valence-corrected chi connectivity index (χ1v) is 7.88. The summed E-state index contributed by atoms with van der Waals surface area (Å²) in [6.45, 7) is 5.28. The Kier molecular flexibility index (Phi) is 5.73. The Balaban J connectivity index is 1.87. The van der Waals surface area contributed by atoms with Crippen LogP contribution in [0.3, 0.4) is 0 Å². The molecule has 2 unspecified atom stereocenters. The molecule has 0 saturated carbocycles. The van der Waals surface area contributed by atoms with Gasteiger partial charge in [-0.3, -0.25) is 0 Å². The Bertz CT molecular complexity index is 441. The van der Waals surface area contributed by atoms with Crippen molar-refractivity contribution in [3.8, 4) is 0 Å². The van der Waals surface area contributed by atoms with Crippen LogP contribution in [0.1, 0.15) is 31.4 Å². The predicted molar refractivity (Wildman–Crippen MR) is 85.6 cm³/mol. The van der Waals surface area contributed by atoms with Gasteiger partial charge in [0, 0.05) is 24.2 Å². The van der Waals surface area contributed by atoms with Gasteiger partial charge in [0.25, 0.3) is 0 Å². The molecule has 1 aromatic rings. The Hall–Kier alpha value is -0.970. The summed E-state index contributed by atoms with van der Waals surface area (Å²) in [5, 5.41) is 0. The highest BCUT2D eigenvalue weighted by molar-refractivity contribution is 5.21. The Morgan fingerprint density at radius 1 is 1.29 bits per heavy atom. The molecule has 3 nitrogen and oxygen atoms in total. The van der Waals surface area contributed by atoms with E-state index < -0.39 is 0 Å². The standard InChI is InChI=1S/C17H28FN3/c1-13(17(19)15-6-4-5-7-16(15)18)12-21-10-8-14(9-11-21)20(2)3/h4-7,13-14,17H,8-12,19H2,1-3H3. The van der Waals surface area contributed by atoms with Gasteiger partial charge in [-0.15, -0.1) is 0 Å². The minimum absolute atomic E-state index is 0.192. The van der Waals surface area contributed by atoms with Crippen LogP contribution in [-0.4, -0.2) is 49.6 Å². The zero-order valence-corrected chi connectivity index (χ0v) is 13.4. The molecular formula is C17H28FN3. The number of hydrogen-bond donors (Lipinski definition) is 1. The lowest BCUT2D eigenvalue weighted by atomic mass is 9.93. The van der Waals surface area contributed by atoms with E-state index in [-0.39, 0.29) is 17.8 Å². The number of hydrogen-bond acceptors (Lipinski definition) is 3. The molecule has 2 N–H and O–H groups in total. The molecule has 4 heteroatoms. The average Bonchev–Trinajstić information content (AvgIpc) is 2.47. The van der Waals surface area contributed by atoms with Crippen molar-refractivity contribution in [1.29, 1.82) is 0 Å². The largest absolute Gasteiger partial charge is 0.324 e.